The van der Waals surface area contributed by atoms with Gasteiger partial charge >= 0.3 is 0 Å². The number of nitrogens with zero attached hydrogens (tertiary/aromatic N) is 1. The van der Waals surface area contributed by atoms with Gasteiger partial charge in [-0.1, -0.05) is 0 Å². The van der Waals surface area contributed by atoms with E-state index in [4.69, 9.17) is 5.73 Å². The van der Waals surface area contributed by atoms with E-state index in [1.54, 1.807) is 12.3 Å². The monoisotopic (exact) mass is 271 g/mol. The fraction of sp³-hybridized carbons (Fsp3) is 0.500. The van der Waals surface area contributed by atoms with Crippen LogP contribution in [-0.2, 0) is 0 Å². The van der Waals surface area contributed by atoms with Crippen LogP contribution in [0.3, 0.4) is 0 Å². The molecule has 1 heterocycles. The van der Waals surface area contributed by atoms with Crippen molar-refractivity contribution >= 4 is 27.4 Å². The number of aliphatic hydroxyl groups excluding tert-OH is 1. The highest BCUT2D eigenvalue weighted by molar-refractivity contribution is 9.10. The Labute approximate surface area is 97.0 Å². The molecule has 0 amide bonds. The van der Waals surface area contributed by atoms with Gasteiger partial charge in [-0.25, -0.2) is 4.98 Å². The standard InChI is InChI=1S/C10H14BrN3O/c11-8-3-7(12)4-13-10(8)14-5-9(15)6-1-2-6/h3-4,6,9,15H,1-2,5,12H2,(H,13,14). The molecule has 4 N–H and O–H groups in total. The minimum absolute atomic E-state index is 0.267. The van der Waals surface area contributed by atoms with Gasteiger partial charge in [0.1, 0.15) is 5.82 Å². The maximum atomic E-state index is 9.67. The molecule has 1 saturated carbocycles. The van der Waals surface area contributed by atoms with Gasteiger partial charge in [-0.15, -0.1) is 0 Å². The molecule has 82 valence electrons. The predicted octanol–water partition coefficient (Wildman–Crippen LogP) is 1.61. The average molecular weight is 272 g/mol. The van der Waals surface area contributed by atoms with Gasteiger partial charge in [-0.3, -0.25) is 0 Å². The lowest BCUT2D eigenvalue weighted by Crippen LogP contribution is -2.21. The van der Waals surface area contributed by atoms with Gasteiger partial charge in [0.2, 0.25) is 0 Å². The summed E-state index contributed by atoms with van der Waals surface area (Å²) in [6.45, 7) is 0.542. The predicted molar refractivity (Wildman–Crippen MR) is 63.6 cm³/mol. The van der Waals surface area contributed by atoms with E-state index < -0.39 is 0 Å². The molecule has 4 nitrogen and oxygen atoms in total. The van der Waals surface area contributed by atoms with E-state index in [0.717, 1.165) is 23.1 Å². The van der Waals surface area contributed by atoms with Crippen LogP contribution in [0, 0.1) is 5.92 Å². The summed E-state index contributed by atoms with van der Waals surface area (Å²) in [4.78, 5) is 4.14. The first-order valence-corrected chi connectivity index (χ1v) is 5.79. The molecule has 0 bridgehead atoms. The Morgan fingerprint density at radius 3 is 3.00 bits per heavy atom. The van der Waals surface area contributed by atoms with E-state index in [1.165, 1.54) is 0 Å². The Hall–Kier alpha value is -0.810. The van der Waals surface area contributed by atoms with Crippen LogP contribution in [0.5, 0.6) is 0 Å². The van der Waals surface area contributed by atoms with E-state index in [9.17, 15) is 5.11 Å². The zero-order valence-corrected chi connectivity index (χ0v) is 9.87. The minimum atomic E-state index is -0.267. The minimum Gasteiger partial charge on any atom is -0.397 e. The summed E-state index contributed by atoms with van der Waals surface area (Å²) in [5.41, 5.74) is 6.19. The quantitative estimate of drug-likeness (QED) is 0.778. The van der Waals surface area contributed by atoms with Crippen molar-refractivity contribution in [2.75, 3.05) is 17.6 Å². The first-order chi connectivity index (χ1) is 7.16. The molecule has 0 aliphatic heterocycles. The molecular weight excluding hydrogens is 258 g/mol. The smallest absolute Gasteiger partial charge is 0.140 e. The molecule has 15 heavy (non-hydrogen) atoms. The molecule has 0 radical (unpaired) electrons. The Bertz CT molecular complexity index is 355. The van der Waals surface area contributed by atoms with E-state index >= 15 is 0 Å². The van der Waals surface area contributed by atoms with Gasteiger partial charge in [0.25, 0.3) is 0 Å². The van der Waals surface area contributed by atoms with Crippen molar-refractivity contribution in [1.82, 2.24) is 4.98 Å². The number of nitrogens with two attached hydrogens (primary N) is 1. The number of hydrogen-bond acceptors (Lipinski definition) is 4. The van der Waals surface area contributed by atoms with Crippen molar-refractivity contribution in [3.05, 3.63) is 16.7 Å². The van der Waals surface area contributed by atoms with Crippen LogP contribution in [-0.4, -0.2) is 22.7 Å². The molecular formula is C10H14BrN3O. The Kier molecular flexibility index (Phi) is 3.11. The van der Waals surface area contributed by atoms with Crippen LogP contribution in [0.25, 0.3) is 0 Å². The highest BCUT2D eigenvalue weighted by Crippen LogP contribution is 2.32. The van der Waals surface area contributed by atoms with E-state index in [-0.39, 0.29) is 6.10 Å². The second kappa shape index (κ2) is 4.37. The summed E-state index contributed by atoms with van der Waals surface area (Å²) < 4.78 is 0.825. The van der Waals surface area contributed by atoms with Crippen LogP contribution in [0.15, 0.2) is 16.7 Å². The maximum Gasteiger partial charge on any atom is 0.140 e. The molecule has 5 heteroatoms. The fourth-order valence-corrected chi connectivity index (χ4v) is 1.94. The number of anilines is 2. The normalized spacial score (nSPS) is 17.5. The third kappa shape index (κ3) is 2.82. The van der Waals surface area contributed by atoms with E-state index in [1.807, 2.05) is 0 Å². The molecule has 0 saturated heterocycles. The molecule has 2 rings (SSSR count). The van der Waals surface area contributed by atoms with Gasteiger partial charge in [0.05, 0.1) is 22.5 Å². The Morgan fingerprint density at radius 1 is 1.67 bits per heavy atom. The van der Waals surface area contributed by atoms with Crippen LogP contribution >= 0.6 is 15.9 Å². The third-order valence-electron chi connectivity index (χ3n) is 2.51. The number of nitrogen functional groups attached to an aromatic ring is 1. The third-order valence-corrected chi connectivity index (χ3v) is 3.11. The number of pyridine rings is 1. The first-order valence-electron chi connectivity index (χ1n) is 5.00. The van der Waals surface area contributed by atoms with Gasteiger partial charge < -0.3 is 16.2 Å². The van der Waals surface area contributed by atoms with Gasteiger partial charge in [0, 0.05) is 6.54 Å². The topological polar surface area (TPSA) is 71.2 Å². The SMILES string of the molecule is Nc1cnc(NCC(O)C2CC2)c(Br)c1. The number of hydrogen-bond donors (Lipinski definition) is 3. The van der Waals surface area contributed by atoms with Crippen molar-refractivity contribution in [1.29, 1.82) is 0 Å². The summed E-state index contributed by atoms with van der Waals surface area (Å²) in [7, 11) is 0. The van der Waals surface area contributed by atoms with Crippen molar-refractivity contribution in [2.24, 2.45) is 5.92 Å². The molecule has 1 unspecified atom stereocenters. The van der Waals surface area contributed by atoms with Crippen LogP contribution in [0.4, 0.5) is 11.5 Å². The van der Waals surface area contributed by atoms with Gasteiger partial charge in [-0.05, 0) is 40.8 Å². The maximum absolute atomic E-state index is 9.67. The lowest BCUT2D eigenvalue weighted by atomic mass is 10.2. The second-order valence-corrected chi connectivity index (χ2v) is 4.74. The van der Waals surface area contributed by atoms with Crippen LogP contribution in [0.1, 0.15) is 12.8 Å². The van der Waals surface area contributed by atoms with E-state index in [0.29, 0.717) is 18.2 Å². The second-order valence-electron chi connectivity index (χ2n) is 3.88. The summed E-state index contributed by atoms with van der Waals surface area (Å²) in [6, 6.07) is 1.79. The van der Waals surface area contributed by atoms with Crippen LogP contribution in [0.2, 0.25) is 0 Å². The zero-order valence-electron chi connectivity index (χ0n) is 8.28. The Balaban J connectivity index is 1.92. The zero-order chi connectivity index (χ0) is 10.8. The van der Waals surface area contributed by atoms with Gasteiger partial charge in [-0.2, -0.15) is 0 Å². The van der Waals surface area contributed by atoms with Crippen molar-refractivity contribution in [2.45, 2.75) is 18.9 Å². The average Bonchev–Trinajstić information content (AvgIpc) is 2.99. The van der Waals surface area contributed by atoms with Crippen molar-refractivity contribution in [3.8, 4) is 0 Å². The summed E-state index contributed by atoms with van der Waals surface area (Å²) >= 11 is 3.36. The Morgan fingerprint density at radius 2 is 2.40 bits per heavy atom. The summed E-state index contributed by atoms with van der Waals surface area (Å²) in [5.74, 6) is 1.20. The van der Waals surface area contributed by atoms with Crippen molar-refractivity contribution in [3.63, 3.8) is 0 Å². The van der Waals surface area contributed by atoms with Crippen LogP contribution < -0.4 is 11.1 Å². The molecule has 1 atom stereocenters. The number of rotatable bonds is 4. The first kappa shape index (κ1) is 10.7. The van der Waals surface area contributed by atoms with E-state index in [2.05, 4.69) is 26.2 Å². The molecule has 1 fully saturated rings. The highest BCUT2D eigenvalue weighted by atomic mass is 79.9. The molecule has 1 aliphatic carbocycles. The summed E-state index contributed by atoms with van der Waals surface area (Å²) in [6.07, 6.45) is 3.60. The molecule has 1 aromatic heterocycles. The fourth-order valence-electron chi connectivity index (χ4n) is 1.43. The molecule has 1 aliphatic rings. The van der Waals surface area contributed by atoms with Gasteiger partial charge in [0.15, 0.2) is 0 Å². The lowest BCUT2D eigenvalue weighted by molar-refractivity contribution is 0.164. The largest absolute Gasteiger partial charge is 0.397 e. The molecule has 0 spiro atoms. The van der Waals surface area contributed by atoms with Crippen molar-refractivity contribution < 1.29 is 5.11 Å². The lowest BCUT2D eigenvalue weighted by Gasteiger charge is -2.12. The molecule has 0 aromatic carbocycles. The number of nitrogens with one attached hydrogen (secondary N) is 1. The highest BCUT2D eigenvalue weighted by Gasteiger charge is 2.29. The number of halogens is 1. The number of aliphatic hydroxyl groups is 1. The number of aromatic nitrogens is 1. The summed E-state index contributed by atoms with van der Waals surface area (Å²) in [5, 5.41) is 12.8. The molecule has 1 aromatic rings.